The summed E-state index contributed by atoms with van der Waals surface area (Å²) in [4.78, 5) is 28.5. The Labute approximate surface area is 139 Å². The molecular weight excluding hydrogens is 308 g/mol. The summed E-state index contributed by atoms with van der Waals surface area (Å²) >= 11 is 0. The Bertz CT molecular complexity index is 743. The van der Waals surface area contributed by atoms with Gasteiger partial charge in [-0.05, 0) is 29.2 Å². The first-order valence-electron chi connectivity index (χ1n) is 7.72. The molecule has 0 atom stereocenters. The van der Waals surface area contributed by atoms with E-state index in [0.29, 0.717) is 26.1 Å². The Morgan fingerprint density at radius 2 is 1.92 bits per heavy atom. The van der Waals surface area contributed by atoms with Crippen molar-refractivity contribution < 1.29 is 19.4 Å². The summed E-state index contributed by atoms with van der Waals surface area (Å²) in [6, 6.07) is 9.61. The van der Waals surface area contributed by atoms with Crippen molar-refractivity contribution in [1.29, 1.82) is 0 Å². The summed E-state index contributed by atoms with van der Waals surface area (Å²) in [6.07, 6.45) is 3.63. The molecule has 1 aromatic heterocycles. The van der Waals surface area contributed by atoms with Crippen LogP contribution < -0.4 is 0 Å². The highest BCUT2D eigenvalue weighted by Gasteiger charge is 2.18. The van der Waals surface area contributed by atoms with E-state index in [1.807, 2.05) is 24.3 Å². The second-order valence-electron chi connectivity index (χ2n) is 5.75. The molecule has 124 valence electrons. The van der Waals surface area contributed by atoms with Crippen molar-refractivity contribution in [2.75, 3.05) is 19.8 Å². The fraction of sp³-hybridized carbons (Fsp3) is 0.278. The molecule has 1 aromatic carbocycles. The van der Waals surface area contributed by atoms with Crippen molar-refractivity contribution in [2.24, 2.45) is 0 Å². The number of carboxylic acids is 1. The van der Waals surface area contributed by atoms with E-state index in [4.69, 9.17) is 9.84 Å². The average molecular weight is 326 g/mol. The number of aromatic nitrogens is 1. The van der Waals surface area contributed by atoms with E-state index in [-0.39, 0.29) is 18.1 Å². The molecule has 1 N–H and O–H groups in total. The van der Waals surface area contributed by atoms with Gasteiger partial charge in [-0.15, -0.1) is 0 Å². The number of ether oxygens (including phenoxy) is 1. The maximum absolute atomic E-state index is 11.7. The number of hydrogen-bond donors (Lipinski definition) is 1. The van der Waals surface area contributed by atoms with Crippen molar-refractivity contribution in [3.8, 4) is 0 Å². The van der Waals surface area contributed by atoms with Gasteiger partial charge in [0.2, 0.25) is 5.91 Å². The lowest BCUT2D eigenvalue weighted by molar-refractivity contribution is -0.143. The van der Waals surface area contributed by atoms with Crippen molar-refractivity contribution in [3.05, 3.63) is 65.0 Å². The molecule has 0 spiro atoms. The number of morpholine rings is 1. The molecule has 1 saturated heterocycles. The minimum absolute atomic E-state index is 0.0156. The van der Waals surface area contributed by atoms with Crippen LogP contribution in [0.5, 0.6) is 0 Å². The lowest BCUT2D eigenvalue weighted by atomic mass is 10.0. The minimum Gasteiger partial charge on any atom is -0.478 e. The van der Waals surface area contributed by atoms with Crippen LogP contribution in [-0.2, 0) is 22.5 Å². The van der Waals surface area contributed by atoms with Crippen LogP contribution >= 0.6 is 0 Å². The van der Waals surface area contributed by atoms with E-state index in [1.165, 1.54) is 6.20 Å². The van der Waals surface area contributed by atoms with E-state index >= 15 is 0 Å². The van der Waals surface area contributed by atoms with Gasteiger partial charge >= 0.3 is 5.97 Å². The molecular formula is C18H18N2O4. The van der Waals surface area contributed by atoms with Crippen LogP contribution in [0.4, 0.5) is 0 Å². The average Bonchev–Trinajstić information content (AvgIpc) is 2.59. The van der Waals surface area contributed by atoms with E-state index in [0.717, 1.165) is 16.7 Å². The molecule has 6 heteroatoms. The summed E-state index contributed by atoms with van der Waals surface area (Å²) < 4.78 is 5.12. The molecule has 0 aliphatic carbocycles. The van der Waals surface area contributed by atoms with E-state index in [9.17, 15) is 9.59 Å². The monoisotopic (exact) mass is 326 g/mol. The number of nitrogens with zero attached hydrogens (tertiary/aromatic N) is 2. The second kappa shape index (κ2) is 7.23. The van der Waals surface area contributed by atoms with Gasteiger partial charge in [0.15, 0.2) is 0 Å². The summed E-state index contributed by atoms with van der Waals surface area (Å²) in [7, 11) is 0. The van der Waals surface area contributed by atoms with Gasteiger partial charge < -0.3 is 14.7 Å². The van der Waals surface area contributed by atoms with Crippen LogP contribution in [0.3, 0.4) is 0 Å². The van der Waals surface area contributed by atoms with E-state index in [2.05, 4.69) is 4.98 Å². The molecule has 1 aliphatic rings. The normalized spacial score (nSPS) is 14.7. The van der Waals surface area contributed by atoms with Crippen molar-refractivity contribution in [1.82, 2.24) is 9.88 Å². The van der Waals surface area contributed by atoms with Crippen molar-refractivity contribution >= 4 is 11.9 Å². The molecule has 2 heterocycles. The van der Waals surface area contributed by atoms with Crippen LogP contribution in [0.15, 0.2) is 42.7 Å². The van der Waals surface area contributed by atoms with E-state index < -0.39 is 5.97 Å². The SMILES string of the molecule is O=C(O)c1cncc(Cc2ccc(CN3CCOCC3=O)cc2)c1. The van der Waals surface area contributed by atoms with Gasteiger partial charge in [0.25, 0.3) is 0 Å². The molecule has 3 rings (SSSR count). The molecule has 0 bridgehead atoms. The van der Waals surface area contributed by atoms with Crippen LogP contribution in [0.2, 0.25) is 0 Å². The molecule has 0 saturated carbocycles. The van der Waals surface area contributed by atoms with Crippen LogP contribution in [0.25, 0.3) is 0 Å². The largest absolute Gasteiger partial charge is 0.478 e. The zero-order valence-corrected chi connectivity index (χ0v) is 13.1. The highest BCUT2D eigenvalue weighted by molar-refractivity contribution is 5.87. The van der Waals surface area contributed by atoms with Gasteiger partial charge in [-0.2, -0.15) is 0 Å². The molecule has 2 aromatic rings. The number of amides is 1. The third-order valence-electron chi connectivity index (χ3n) is 3.93. The quantitative estimate of drug-likeness (QED) is 0.905. The van der Waals surface area contributed by atoms with Crippen molar-refractivity contribution in [3.63, 3.8) is 0 Å². The van der Waals surface area contributed by atoms with Crippen LogP contribution in [-0.4, -0.2) is 46.6 Å². The number of benzene rings is 1. The number of carbonyl (C=O) groups is 2. The molecule has 1 amide bonds. The van der Waals surface area contributed by atoms with Gasteiger partial charge in [-0.1, -0.05) is 24.3 Å². The third-order valence-corrected chi connectivity index (χ3v) is 3.93. The highest BCUT2D eigenvalue weighted by Crippen LogP contribution is 2.14. The molecule has 0 radical (unpaired) electrons. The smallest absolute Gasteiger partial charge is 0.337 e. The first kappa shape index (κ1) is 16.1. The minimum atomic E-state index is -0.977. The number of pyridine rings is 1. The predicted molar refractivity (Wildman–Crippen MR) is 86.7 cm³/mol. The van der Waals surface area contributed by atoms with Gasteiger partial charge in [-0.3, -0.25) is 9.78 Å². The molecule has 6 nitrogen and oxygen atoms in total. The first-order chi connectivity index (χ1) is 11.6. The van der Waals surface area contributed by atoms with E-state index in [1.54, 1.807) is 17.2 Å². The second-order valence-corrected chi connectivity index (χ2v) is 5.75. The molecule has 1 fully saturated rings. The fourth-order valence-electron chi connectivity index (χ4n) is 2.64. The lowest BCUT2D eigenvalue weighted by Gasteiger charge is -2.26. The predicted octanol–water partition coefficient (Wildman–Crippen LogP) is 1.73. The van der Waals surface area contributed by atoms with Crippen LogP contribution in [0, 0.1) is 0 Å². The topological polar surface area (TPSA) is 79.7 Å². The number of hydrogen-bond acceptors (Lipinski definition) is 4. The molecule has 0 unspecified atom stereocenters. The Hall–Kier alpha value is -2.73. The van der Waals surface area contributed by atoms with Gasteiger partial charge in [-0.25, -0.2) is 4.79 Å². The van der Waals surface area contributed by atoms with Gasteiger partial charge in [0.05, 0.1) is 12.2 Å². The Kier molecular flexibility index (Phi) is 4.86. The Morgan fingerprint density at radius 1 is 1.17 bits per heavy atom. The molecule has 1 aliphatic heterocycles. The number of rotatable bonds is 5. The number of aromatic carboxylic acids is 1. The highest BCUT2D eigenvalue weighted by atomic mass is 16.5. The zero-order valence-electron chi connectivity index (χ0n) is 13.1. The molecule has 24 heavy (non-hydrogen) atoms. The van der Waals surface area contributed by atoms with Crippen LogP contribution in [0.1, 0.15) is 27.0 Å². The summed E-state index contributed by atoms with van der Waals surface area (Å²) in [5.74, 6) is -0.961. The number of carboxylic acid groups (broad SMARTS) is 1. The van der Waals surface area contributed by atoms with Gasteiger partial charge in [0.1, 0.15) is 6.61 Å². The lowest BCUT2D eigenvalue weighted by Crippen LogP contribution is -2.40. The summed E-state index contributed by atoms with van der Waals surface area (Å²) in [5, 5.41) is 9.01. The fourth-order valence-corrected chi connectivity index (χ4v) is 2.64. The Morgan fingerprint density at radius 3 is 2.62 bits per heavy atom. The van der Waals surface area contributed by atoms with Gasteiger partial charge in [0, 0.05) is 25.5 Å². The number of carbonyl (C=O) groups excluding carboxylic acids is 1. The maximum atomic E-state index is 11.7. The Balaban J connectivity index is 1.65. The third kappa shape index (κ3) is 3.97. The maximum Gasteiger partial charge on any atom is 0.337 e. The zero-order chi connectivity index (χ0) is 16.9. The summed E-state index contributed by atoms with van der Waals surface area (Å²) in [6.45, 7) is 1.94. The first-order valence-corrected chi connectivity index (χ1v) is 7.72. The van der Waals surface area contributed by atoms with Crippen molar-refractivity contribution in [2.45, 2.75) is 13.0 Å². The summed E-state index contributed by atoms with van der Waals surface area (Å²) in [5.41, 5.74) is 3.17. The standard InChI is InChI=1S/C18H18N2O4/c21-17-12-24-6-5-20(17)11-14-3-1-13(2-4-14)7-15-8-16(18(22)23)10-19-9-15/h1-4,8-10H,5-7,11-12H2,(H,22,23).